The van der Waals surface area contributed by atoms with Crippen LogP contribution in [0, 0.1) is 0 Å². The van der Waals surface area contributed by atoms with Crippen LogP contribution in [0.3, 0.4) is 0 Å². The Hall–Kier alpha value is 0.267. The molecule has 0 spiro atoms. The predicted molar refractivity (Wildman–Crippen MR) is 54.1 cm³/mol. The highest BCUT2D eigenvalue weighted by atomic mass is 32.2. The molecule has 0 aromatic rings. The van der Waals surface area contributed by atoms with E-state index in [0.29, 0.717) is 0 Å². The lowest BCUT2D eigenvalue weighted by Crippen LogP contribution is -2.23. The molecular formula is C5H13F3O3S2Si. The Bertz CT molecular complexity index is 254. The molecule has 9 heteroatoms. The van der Waals surface area contributed by atoms with Crippen molar-refractivity contribution in [3.63, 3.8) is 0 Å². The highest BCUT2D eigenvalue weighted by Gasteiger charge is 2.36. The van der Waals surface area contributed by atoms with Crippen LogP contribution in [0.2, 0.25) is 19.6 Å². The minimum atomic E-state index is -6.09. The Labute approximate surface area is 87.9 Å². The molecule has 0 bridgehead atoms. The van der Waals surface area contributed by atoms with Crippen molar-refractivity contribution in [3.8, 4) is 0 Å². The molecular weight excluding hydrogens is 257 g/mol. The van der Waals surface area contributed by atoms with Crippen LogP contribution in [-0.2, 0) is 22.7 Å². The second kappa shape index (κ2) is 5.38. The van der Waals surface area contributed by atoms with Gasteiger partial charge < -0.3 is 4.55 Å². The molecule has 14 heavy (non-hydrogen) atoms. The summed E-state index contributed by atoms with van der Waals surface area (Å²) < 4.78 is 58.9. The van der Waals surface area contributed by atoms with Gasteiger partial charge in [-0.1, -0.05) is 19.6 Å². The first kappa shape index (κ1) is 16.7. The third-order valence-corrected chi connectivity index (χ3v) is 5.62. The molecule has 0 radical (unpaired) electrons. The van der Waals surface area contributed by atoms with Crippen molar-refractivity contribution in [1.82, 2.24) is 0 Å². The van der Waals surface area contributed by atoms with E-state index in [0.717, 1.165) is 0 Å². The van der Waals surface area contributed by atoms with Crippen LogP contribution >= 0.6 is 0 Å². The molecule has 0 fully saturated rings. The van der Waals surface area contributed by atoms with Gasteiger partial charge in [-0.3, -0.25) is 0 Å². The summed E-state index contributed by atoms with van der Waals surface area (Å²) >= 11 is 3.47. The Balaban J connectivity index is 0. The molecule has 0 aliphatic rings. The van der Waals surface area contributed by atoms with Crippen LogP contribution in [0.5, 0.6) is 0 Å². The van der Waals surface area contributed by atoms with Crippen LogP contribution in [0.4, 0.5) is 13.2 Å². The highest BCUT2D eigenvalue weighted by molar-refractivity contribution is 7.86. The second-order valence-electron chi connectivity index (χ2n) is 3.64. The fourth-order valence-electron chi connectivity index (χ4n) is 0. The maximum Gasteiger partial charge on any atom is 0.485 e. The standard InChI is InChI=1S/C4H12SSi.CHF3O3S/c1-6(2,3)4-5;2-1(3,4)8(5,6)7/h5H,4H2,1-3H3;(H,5,6,7). The average Bonchev–Trinajstić information content (AvgIpc) is 1.82. The van der Waals surface area contributed by atoms with E-state index < -0.39 is 23.7 Å². The molecule has 0 rings (SSSR count). The van der Waals surface area contributed by atoms with Crippen LogP contribution < -0.4 is 0 Å². The van der Waals surface area contributed by atoms with Crippen LogP contribution in [0.25, 0.3) is 0 Å². The second-order valence-corrected chi connectivity index (χ2v) is 11.5. The van der Waals surface area contributed by atoms with Gasteiger partial charge in [0.05, 0.1) is 5.38 Å². The molecule has 0 heterocycles. The summed E-state index contributed by atoms with van der Waals surface area (Å²) in [5.41, 5.74) is -5.65. The van der Waals surface area contributed by atoms with Gasteiger partial charge in [0.15, 0.2) is 10.1 Å². The largest absolute Gasteiger partial charge is 0.741 e. The van der Waals surface area contributed by atoms with Gasteiger partial charge in [0.2, 0.25) is 0 Å². The van der Waals surface area contributed by atoms with Crippen LogP contribution in [-0.4, -0.2) is 31.9 Å². The van der Waals surface area contributed by atoms with Gasteiger partial charge in [0.1, 0.15) is 8.07 Å². The SMILES string of the molecule is C[Si](C)(C)C[SH2+].O=S(=O)([O-])C(F)(F)F. The first-order valence-electron chi connectivity index (χ1n) is 3.48. The Morgan fingerprint density at radius 3 is 1.43 bits per heavy atom. The van der Waals surface area contributed by atoms with Gasteiger partial charge in [-0.2, -0.15) is 13.2 Å². The van der Waals surface area contributed by atoms with Gasteiger partial charge in [-0.05, 0) is 12.6 Å². The summed E-state index contributed by atoms with van der Waals surface area (Å²) in [6.45, 7) is 7.00. The van der Waals surface area contributed by atoms with Crippen LogP contribution in [0.15, 0.2) is 0 Å². The number of rotatable bonds is 1. The van der Waals surface area contributed by atoms with E-state index in [1.165, 1.54) is 5.38 Å². The molecule has 88 valence electrons. The molecule has 0 unspecified atom stereocenters. The fourth-order valence-corrected chi connectivity index (χ4v) is 0. The average molecular weight is 270 g/mol. The van der Waals surface area contributed by atoms with Crippen molar-refractivity contribution in [2.45, 2.75) is 25.1 Å². The zero-order valence-corrected chi connectivity index (χ0v) is 10.8. The molecule has 0 aliphatic carbocycles. The number of hydrogen-bond donors (Lipinski definition) is 0. The topological polar surface area (TPSA) is 57.2 Å². The molecule has 0 aromatic heterocycles. The van der Waals surface area contributed by atoms with Crippen molar-refractivity contribution in [2.24, 2.45) is 0 Å². The Kier molecular flexibility index (Phi) is 6.41. The summed E-state index contributed by atoms with van der Waals surface area (Å²) in [5, 5.41) is 1.22. The van der Waals surface area contributed by atoms with Gasteiger partial charge in [-0.15, -0.1) is 0 Å². The normalized spacial score (nSPS) is 13.1. The van der Waals surface area contributed by atoms with Gasteiger partial charge >= 0.3 is 5.51 Å². The van der Waals surface area contributed by atoms with E-state index in [9.17, 15) is 13.2 Å². The zero-order valence-electron chi connectivity index (χ0n) is 7.97. The number of hydrogen-bond acceptors (Lipinski definition) is 3. The van der Waals surface area contributed by atoms with E-state index in [1.807, 2.05) is 0 Å². The molecule has 3 nitrogen and oxygen atoms in total. The molecule has 0 amide bonds. The lowest BCUT2D eigenvalue weighted by Gasteiger charge is -2.08. The van der Waals surface area contributed by atoms with Gasteiger partial charge in [-0.25, -0.2) is 8.42 Å². The van der Waals surface area contributed by atoms with Crippen molar-refractivity contribution in [2.75, 3.05) is 5.38 Å². The summed E-state index contributed by atoms with van der Waals surface area (Å²) in [6, 6.07) is 0. The Morgan fingerprint density at radius 1 is 1.29 bits per heavy atom. The molecule has 0 saturated carbocycles. The molecule has 0 aromatic carbocycles. The lowest BCUT2D eigenvalue weighted by molar-refractivity contribution is -0.0517. The van der Waals surface area contributed by atoms with Gasteiger partial charge in [0.25, 0.3) is 0 Å². The predicted octanol–water partition coefficient (Wildman–Crippen LogP) is 0.927. The monoisotopic (exact) mass is 270 g/mol. The summed E-state index contributed by atoms with van der Waals surface area (Å²) in [7, 11) is -6.81. The third-order valence-electron chi connectivity index (χ3n) is 0.814. The van der Waals surface area contributed by atoms with E-state index in [4.69, 9.17) is 13.0 Å². The van der Waals surface area contributed by atoms with E-state index in [-0.39, 0.29) is 0 Å². The van der Waals surface area contributed by atoms with Crippen molar-refractivity contribution in [3.05, 3.63) is 0 Å². The third kappa shape index (κ3) is 10.3. The smallest absolute Gasteiger partial charge is 0.485 e. The minimum Gasteiger partial charge on any atom is -0.741 e. The molecule has 0 atom stereocenters. The molecule has 0 saturated heterocycles. The van der Waals surface area contributed by atoms with Crippen molar-refractivity contribution >= 4 is 30.8 Å². The minimum absolute atomic E-state index is 0.718. The van der Waals surface area contributed by atoms with Crippen molar-refractivity contribution in [1.29, 1.82) is 0 Å². The van der Waals surface area contributed by atoms with Gasteiger partial charge in [0, 0.05) is 0 Å². The quantitative estimate of drug-likeness (QED) is 0.308. The maximum atomic E-state index is 10.7. The summed E-state index contributed by atoms with van der Waals surface area (Å²) in [4.78, 5) is 0. The lowest BCUT2D eigenvalue weighted by atomic mass is 11.6. The van der Waals surface area contributed by atoms with Crippen LogP contribution in [0.1, 0.15) is 0 Å². The molecule has 0 N–H and O–H groups in total. The first-order valence-corrected chi connectivity index (χ1v) is 9.30. The first-order chi connectivity index (χ1) is 5.81. The number of halogens is 3. The van der Waals surface area contributed by atoms with E-state index in [1.54, 1.807) is 0 Å². The zero-order chi connectivity index (χ0) is 12.2. The maximum absolute atomic E-state index is 10.7. The molecule has 0 aliphatic heterocycles. The van der Waals surface area contributed by atoms with E-state index >= 15 is 0 Å². The highest BCUT2D eigenvalue weighted by Crippen LogP contribution is 2.20. The van der Waals surface area contributed by atoms with Crippen molar-refractivity contribution < 1.29 is 26.1 Å². The number of alkyl halides is 3. The fraction of sp³-hybridized carbons (Fsp3) is 1.00. The summed E-state index contributed by atoms with van der Waals surface area (Å²) in [6.07, 6.45) is 0. The Morgan fingerprint density at radius 2 is 1.43 bits per heavy atom. The summed E-state index contributed by atoms with van der Waals surface area (Å²) in [5.74, 6) is 0. The van der Waals surface area contributed by atoms with E-state index in [2.05, 4.69) is 32.3 Å².